The summed E-state index contributed by atoms with van der Waals surface area (Å²) in [6, 6.07) is 11.2. The minimum atomic E-state index is 0.201. The molecule has 4 unspecified atom stereocenters. The summed E-state index contributed by atoms with van der Waals surface area (Å²) >= 11 is 0. The summed E-state index contributed by atoms with van der Waals surface area (Å²) in [6.07, 6.45) is 6.85. The lowest BCUT2D eigenvalue weighted by atomic mass is 9.65. The predicted octanol–water partition coefficient (Wildman–Crippen LogP) is 2.81. The van der Waals surface area contributed by atoms with Crippen molar-refractivity contribution in [1.29, 1.82) is 0 Å². The lowest BCUT2D eigenvalue weighted by molar-refractivity contribution is -0.128. The van der Waals surface area contributed by atoms with Gasteiger partial charge in [0.25, 0.3) is 0 Å². The highest BCUT2D eigenvalue weighted by Crippen LogP contribution is 2.44. The number of nitrogens with one attached hydrogen (secondary N) is 1. The van der Waals surface area contributed by atoms with Gasteiger partial charge >= 0.3 is 0 Å². The van der Waals surface area contributed by atoms with Crippen molar-refractivity contribution in [2.45, 2.75) is 56.5 Å². The van der Waals surface area contributed by atoms with Crippen LogP contribution >= 0.6 is 0 Å². The molecule has 0 aromatic heterocycles. The third kappa shape index (κ3) is 2.67. The van der Waals surface area contributed by atoms with Crippen LogP contribution in [0.15, 0.2) is 30.3 Å². The standard InChI is InChI=1S/C19H26N2O/c20-18-13-7-4-8-14(18)10-15(9-13)19(22)21-17-11-16(17)12-5-2-1-3-6-12/h1-3,5-6,13-18H,4,7-11,20H2,(H,21,22). The van der Waals surface area contributed by atoms with Gasteiger partial charge in [0.15, 0.2) is 0 Å². The van der Waals surface area contributed by atoms with Crippen molar-refractivity contribution in [2.24, 2.45) is 23.5 Å². The second-order valence-corrected chi connectivity index (χ2v) is 7.56. The van der Waals surface area contributed by atoms with E-state index < -0.39 is 0 Å². The second kappa shape index (κ2) is 5.69. The first kappa shape index (κ1) is 14.3. The highest BCUT2D eigenvalue weighted by atomic mass is 16.2. The summed E-state index contributed by atoms with van der Waals surface area (Å²) in [5.41, 5.74) is 7.68. The minimum absolute atomic E-state index is 0.201. The van der Waals surface area contributed by atoms with Gasteiger partial charge in [0, 0.05) is 23.9 Å². The molecule has 0 heterocycles. The molecule has 118 valence electrons. The number of hydrogen-bond donors (Lipinski definition) is 2. The van der Waals surface area contributed by atoms with Gasteiger partial charge < -0.3 is 11.1 Å². The fourth-order valence-electron chi connectivity index (χ4n) is 4.73. The molecule has 4 rings (SSSR count). The van der Waals surface area contributed by atoms with Gasteiger partial charge in [-0.15, -0.1) is 0 Å². The SMILES string of the molecule is NC1C2CCCC1CC(C(=O)NC1CC1c1ccccc1)C2. The van der Waals surface area contributed by atoms with E-state index in [4.69, 9.17) is 5.73 Å². The number of carbonyl (C=O) groups is 1. The molecule has 0 radical (unpaired) electrons. The third-order valence-electron chi connectivity index (χ3n) is 6.13. The summed E-state index contributed by atoms with van der Waals surface area (Å²) < 4.78 is 0. The highest BCUT2D eigenvalue weighted by Gasteiger charge is 2.44. The number of benzene rings is 1. The lowest BCUT2D eigenvalue weighted by Gasteiger charge is -2.43. The predicted molar refractivity (Wildman–Crippen MR) is 87.3 cm³/mol. The van der Waals surface area contributed by atoms with Crippen LogP contribution in [0.3, 0.4) is 0 Å². The average molecular weight is 298 g/mol. The highest BCUT2D eigenvalue weighted by molar-refractivity contribution is 5.79. The van der Waals surface area contributed by atoms with E-state index in [1.54, 1.807) is 0 Å². The largest absolute Gasteiger partial charge is 0.352 e. The molecule has 0 spiro atoms. The first-order valence-electron chi connectivity index (χ1n) is 8.83. The summed E-state index contributed by atoms with van der Waals surface area (Å²) in [5, 5.41) is 3.30. The first-order valence-corrected chi connectivity index (χ1v) is 8.83. The number of carbonyl (C=O) groups excluding carboxylic acids is 1. The van der Waals surface area contributed by atoms with Crippen molar-refractivity contribution in [1.82, 2.24) is 5.32 Å². The summed E-state index contributed by atoms with van der Waals surface area (Å²) in [7, 11) is 0. The molecule has 0 saturated heterocycles. The van der Waals surface area contributed by atoms with Gasteiger partial charge in [0.1, 0.15) is 0 Å². The molecule has 3 heteroatoms. The summed E-state index contributed by atoms with van der Waals surface area (Å²) in [4.78, 5) is 12.6. The normalized spacial score (nSPS) is 40.0. The van der Waals surface area contributed by atoms with E-state index in [1.165, 1.54) is 24.8 Å². The Hall–Kier alpha value is -1.35. The zero-order valence-electron chi connectivity index (χ0n) is 13.1. The lowest BCUT2D eigenvalue weighted by Crippen LogP contribution is -2.49. The molecular formula is C19H26N2O. The molecule has 3 saturated carbocycles. The Morgan fingerprint density at radius 3 is 2.41 bits per heavy atom. The molecule has 3 aliphatic rings. The molecule has 1 amide bonds. The third-order valence-corrected chi connectivity index (χ3v) is 6.13. The molecule has 4 atom stereocenters. The molecule has 0 aliphatic heterocycles. The molecule has 2 bridgehead atoms. The van der Waals surface area contributed by atoms with E-state index in [9.17, 15) is 4.79 Å². The fourth-order valence-corrected chi connectivity index (χ4v) is 4.73. The molecular weight excluding hydrogens is 272 g/mol. The number of rotatable bonds is 3. The van der Waals surface area contributed by atoms with Crippen molar-refractivity contribution < 1.29 is 4.79 Å². The first-order chi connectivity index (χ1) is 10.7. The van der Waals surface area contributed by atoms with Crippen LogP contribution in [0.1, 0.15) is 50.0 Å². The molecule has 22 heavy (non-hydrogen) atoms. The van der Waals surface area contributed by atoms with E-state index in [2.05, 4.69) is 29.6 Å². The maximum Gasteiger partial charge on any atom is 0.223 e. The summed E-state index contributed by atoms with van der Waals surface area (Å²) in [5.74, 6) is 2.16. The molecule has 1 aromatic rings. The second-order valence-electron chi connectivity index (χ2n) is 7.56. The van der Waals surface area contributed by atoms with Crippen LogP contribution < -0.4 is 11.1 Å². The van der Waals surface area contributed by atoms with Gasteiger partial charge in [-0.2, -0.15) is 0 Å². The van der Waals surface area contributed by atoms with E-state index >= 15 is 0 Å². The topological polar surface area (TPSA) is 55.1 Å². The van der Waals surface area contributed by atoms with Crippen LogP contribution in [0.5, 0.6) is 0 Å². The molecule has 3 aliphatic carbocycles. The van der Waals surface area contributed by atoms with Crippen LogP contribution in [0, 0.1) is 17.8 Å². The van der Waals surface area contributed by atoms with Crippen LogP contribution in [0.25, 0.3) is 0 Å². The Balaban J connectivity index is 1.34. The van der Waals surface area contributed by atoms with Crippen molar-refractivity contribution in [3.8, 4) is 0 Å². The van der Waals surface area contributed by atoms with Crippen LogP contribution in [-0.4, -0.2) is 18.0 Å². The van der Waals surface area contributed by atoms with E-state index in [0.29, 0.717) is 29.8 Å². The Labute approximate surface area is 132 Å². The van der Waals surface area contributed by atoms with Gasteiger partial charge in [-0.05, 0) is 49.5 Å². The quantitative estimate of drug-likeness (QED) is 0.901. The number of nitrogens with two attached hydrogens (primary N) is 1. The molecule has 1 aromatic carbocycles. The Bertz CT molecular complexity index is 530. The Kier molecular flexibility index (Phi) is 3.69. The van der Waals surface area contributed by atoms with Gasteiger partial charge in [-0.1, -0.05) is 36.8 Å². The smallest absolute Gasteiger partial charge is 0.223 e. The van der Waals surface area contributed by atoms with Gasteiger partial charge in [-0.3, -0.25) is 4.79 Å². The van der Waals surface area contributed by atoms with E-state index in [-0.39, 0.29) is 11.8 Å². The van der Waals surface area contributed by atoms with E-state index in [1.807, 2.05) is 6.07 Å². The van der Waals surface area contributed by atoms with Crippen molar-refractivity contribution in [3.05, 3.63) is 35.9 Å². The maximum absolute atomic E-state index is 12.6. The number of fused-ring (bicyclic) bond motifs is 2. The zero-order valence-corrected chi connectivity index (χ0v) is 13.1. The molecule has 3 fully saturated rings. The van der Waals surface area contributed by atoms with Gasteiger partial charge in [0.05, 0.1) is 0 Å². The fraction of sp³-hybridized carbons (Fsp3) is 0.632. The minimum Gasteiger partial charge on any atom is -0.352 e. The van der Waals surface area contributed by atoms with Crippen LogP contribution in [-0.2, 0) is 4.79 Å². The Morgan fingerprint density at radius 2 is 1.73 bits per heavy atom. The van der Waals surface area contributed by atoms with Gasteiger partial charge in [0.2, 0.25) is 5.91 Å². The average Bonchev–Trinajstić information content (AvgIpc) is 3.27. The summed E-state index contributed by atoms with van der Waals surface area (Å²) in [6.45, 7) is 0. The number of amides is 1. The van der Waals surface area contributed by atoms with Crippen molar-refractivity contribution in [2.75, 3.05) is 0 Å². The van der Waals surface area contributed by atoms with Crippen molar-refractivity contribution in [3.63, 3.8) is 0 Å². The maximum atomic E-state index is 12.6. The van der Waals surface area contributed by atoms with Gasteiger partial charge in [-0.25, -0.2) is 0 Å². The molecule has 3 N–H and O–H groups in total. The van der Waals surface area contributed by atoms with Crippen molar-refractivity contribution >= 4 is 5.91 Å². The van der Waals surface area contributed by atoms with Crippen LogP contribution in [0.4, 0.5) is 0 Å². The van der Waals surface area contributed by atoms with Crippen LogP contribution in [0.2, 0.25) is 0 Å². The number of hydrogen-bond acceptors (Lipinski definition) is 2. The Morgan fingerprint density at radius 1 is 1.05 bits per heavy atom. The monoisotopic (exact) mass is 298 g/mol. The zero-order chi connectivity index (χ0) is 15.1. The van der Waals surface area contributed by atoms with E-state index in [0.717, 1.165) is 19.3 Å². The molecule has 3 nitrogen and oxygen atoms in total.